The summed E-state index contributed by atoms with van der Waals surface area (Å²) < 4.78 is 0. The molecule has 8 heavy (non-hydrogen) atoms. The molecule has 0 aromatic rings. The summed E-state index contributed by atoms with van der Waals surface area (Å²) in [6, 6.07) is -0.389. The molecule has 0 saturated carbocycles. The number of hydrogen-bond acceptors (Lipinski definition) is 2. The standard InChI is InChI=1S/C6H12NO/c1-3-5(2)6(7)4-8/h5-6H,3,7H2,1-2H3/t5-,6+/m0/s1. The molecule has 0 rings (SSSR count). The maximum Gasteiger partial charge on any atom is 0.216 e. The zero-order chi connectivity index (χ0) is 6.57. The highest BCUT2D eigenvalue weighted by atomic mass is 16.1. The lowest BCUT2D eigenvalue weighted by atomic mass is 10.0. The largest absolute Gasteiger partial charge is 0.321 e. The highest BCUT2D eigenvalue weighted by Crippen LogP contribution is 2.01. The number of carbonyl (C=O) groups excluding carboxylic acids is 1. The van der Waals surface area contributed by atoms with Crippen molar-refractivity contribution in [1.82, 2.24) is 0 Å². The first-order chi connectivity index (χ1) is 3.72. The summed E-state index contributed by atoms with van der Waals surface area (Å²) in [6.45, 7) is 3.94. The maximum absolute atomic E-state index is 9.86. The molecule has 0 saturated heterocycles. The minimum atomic E-state index is -0.389. The van der Waals surface area contributed by atoms with Crippen molar-refractivity contribution in [2.24, 2.45) is 11.7 Å². The van der Waals surface area contributed by atoms with Crippen molar-refractivity contribution in [2.45, 2.75) is 26.3 Å². The molecule has 2 heteroatoms. The van der Waals surface area contributed by atoms with Gasteiger partial charge in [0.05, 0.1) is 6.04 Å². The van der Waals surface area contributed by atoms with Gasteiger partial charge in [-0.1, -0.05) is 20.3 Å². The molecule has 2 atom stereocenters. The average Bonchev–Trinajstić information content (AvgIpc) is 1.84. The van der Waals surface area contributed by atoms with Gasteiger partial charge in [0.1, 0.15) is 0 Å². The van der Waals surface area contributed by atoms with E-state index in [1.54, 1.807) is 6.29 Å². The number of hydrogen-bond donors (Lipinski definition) is 1. The fourth-order valence-corrected chi connectivity index (χ4v) is 0.370. The van der Waals surface area contributed by atoms with Crippen LogP contribution in [0.1, 0.15) is 20.3 Å². The van der Waals surface area contributed by atoms with E-state index in [0.29, 0.717) is 0 Å². The Labute approximate surface area is 50.1 Å². The fourth-order valence-electron chi connectivity index (χ4n) is 0.370. The molecule has 0 unspecified atom stereocenters. The molecule has 0 fully saturated rings. The predicted octanol–water partition coefficient (Wildman–Crippen LogP) is 0.470. The van der Waals surface area contributed by atoms with Crippen LogP contribution in [0.15, 0.2) is 0 Å². The highest BCUT2D eigenvalue weighted by Gasteiger charge is 2.08. The maximum atomic E-state index is 9.86. The Balaban J connectivity index is 3.44. The predicted molar refractivity (Wildman–Crippen MR) is 33.1 cm³/mol. The zero-order valence-corrected chi connectivity index (χ0v) is 5.35. The van der Waals surface area contributed by atoms with Crippen LogP contribution >= 0.6 is 0 Å². The molecule has 0 bridgehead atoms. The van der Waals surface area contributed by atoms with Crippen LogP contribution in [0, 0.1) is 5.92 Å². The van der Waals surface area contributed by atoms with Crippen LogP contribution in [-0.2, 0) is 4.79 Å². The second kappa shape index (κ2) is 3.61. The van der Waals surface area contributed by atoms with Gasteiger partial charge in [0.2, 0.25) is 6.29 Å². The molecular weight excluding hydrogens is 102 g/mol. The van der Waals surface area contributed by atoms with Crippen LogP contribution in [0.3, 0.4) is 0 Å². The lowest BCUT2D eigenvalue weighted by molar-refractivity contribution is 0.477. The summed E-state index contributed by atoms with van der Waals surface area (Å²) in [5, 5.41) is 0. The third-order valence-corrected chi connectivity index (χ3v) is 1.39. The molecule has 0 aromatic carbocycles. The van der Waals surface area contributed by atoms with Gasteiger partial charge in [0.25, 0.3) is 0 Å². The lowest BCUT2D eigenvalue weighted by Gasteiger charge is -2.08. The van der Waals surface area contributed by atoms with E-state index in [2.05, 4.69) is 0 Å². The van der Waals surface area contributed by atoms with Crippen LogP contribution in [0.25, 0.3) is 0 Å². The molecule has 2 nitrogen and oxygen atoms in total. The molecule has 0 aliphatic rings. The van der Waals surface area contributed by atoms with Gasteiger partial charge in [0.15, 0.2) is 0 Å². The first-order valence-electron chi connectivity index (χ1n) is 2.85. The third-order valence-electron chi connectivity index (χ3n) is 1.39. The summed E-state index contributed by atoms with van der Waals surface area (Å²) in [4.78, 5) is 9.86. The van der Waals surface area contributed by atoms with Crippen molar-refractivity contribution in [2.75, 3.05) is 0 Å². The molecule has 47 valence electrons. The molecule has 0 spiro atoms. The van der Waals surface area contributed by atoms with Crippen molar-refractivity contribution in [3.05, 3.63) is 0 Å². The zero-order valence-electron chi connectivity index (χ0n) is 5.35. The molecule has 2 N–H and O–H groups in total. The third kappa shape index (κ3) is 2.07. The first kappa shape index (κ1) is 7.63. The van der Waals surface area contributed by atoms with E-state index in [4.69, 9.17) is 5.73 Å². The summed E-state index contributed by atoms with van der Waals surface area (Å²) in [5.41, 5.74) is 5.30. The van der Waals surface area contributed by atoms with Crippen LogP contribution in [0.4, 0.5) is 0 Å². The quantitative estimate of drug-likeness (QED) is 0.579. The Bertz CT molecular complexity index is 72.9. The van der Waals surface area contributed by atoms with Crippen molar-refractivity contribution < 1.29 is 4.79 Å². The minimum absolute atomic E-state index is 0.271. The molecule has 0 aromatic heterocycles. The van der Waals surface area contributed by atoms with Gasteiger partial charge in [-0.25, -0.2) is 0 Å². The van der Waals surface area contributed by atoms with Crippen LogP contribution in [0.5, 0.6) is 0 Å². The van der Waals surface area contributed by atoms with Crippen molar-refractivity contribution in [1.29, 1.82) is 0 Å². The Morgan fingerprint density at radius 1 is 1.75 bits per heavy atom. The topological polar surface area (TPSA) is 43.1 Å². The van der Waals surface area contributed by atoms with Crippen LogP contribution in [-0.4, -0.2) is 12.3 Å². The van der Waals surface area contributed by atoms with Crippen molar-refractivity contribution in [3.63, 3.8) is 0 Å². The van der Waals surface area contributed by atoms with E-state index in [1.165, 1.54) is 0 Å². The molecule has 0 heterocycles. The second-order valence-corrected chi connectivity index (χ2v) is 2.03. The minimum Gasteiger partial charge on any atom is -0.321 e. The number of rotatable bonds is 3. The van der Waals surface area contributed by atoms with Gasteiger partial charge in [-0.2, -0.15) is 0 Å². The van der Waals surface area contributed by atoms with Gasteiger partial charge >= 0.3 is 0 Å². The normalized spacial score (nSPS) is 17.4. The highest BCUT2D eigenvalue weighted by molar-refractivity contribution is 5.58. The van der Waals surface area contributed by atoms with E-state index >= 15 is 0 Å². The average molecular weight is 114 g/mol. The van der Waals surface area contributed by atoms with Gasteiger partial charge < -0.3 is 5.73 Å². The molecule has 0 aliphatic heterocycles. The molecular formula is C6H12NO. The van der Waals surface area contributed by atoms with Crippen LogP contribution in [0.2, 0.25) is 0 Å². The van der Waals surface area contributed by atoms with E-state index < -0.39 is 0 Å². The summed E-state index contributed by atoms with van der Waals surface area (Å²) in [5.74, 6) is 0.271. The van der Waals surface area contributed by atoms with Gasteiger partial charge in [-0.3, -0.25) is 4.79 Å². The summed E-state index contributed by atoms with van der Waals surface area (Å²) in [6.07, 6.45) is 2.68. The van der Waals surface area contributed by atoms with Gasteiger partial charge in [-0.05, 0) is 5.92 Å². The van der Waals surface area contributed by atoms with Gasteiger partial charge in [-0.15, -0.1) is 0 Å². The smallest absolute Gasteiger partial charge is 0.216 e. The van der Waals surface area contributed by atoms with E-state index in [9.17, 15) is 4.79 Å². The summed E-state index contributed by atoms with van der Waals surface area (Å²) in [7, 11) is 0. The molecule has 0 aliphatic carbocycles. The SMILES string of the molecule is CC[C@H](C)[C@H](N)[C]=O. The monoisotopic (exact) mass is 114 g/mol. The summed E-state index contributed by atoms with van der Waals surface area (Å²) >= 11 is 0. The Hall–Kier alpha value is -0.370. The number of nitrogens with two attached hydrogens (primary N) is 1. The molecule has 0 amide bonds. The van der Waals surface area contributed by atoms with Crippen molar-refractivity contribution in [3.8, 4) is 0 Å². The second-order valence-electron chi connectivity index (χ2n) is 2.03. The fraction of sp³-hybridized carbons (Fsp3) is 0.833. The van der Waals surface area contributed by atoms with E-state index in [1.807, 2.05) is 13.8 Å². The Kier molecular flexibility index (Phi) is 3.44. The molecule has 1 radical (unpaired) electrons. The first-order valence-corrected chi connectivity index (χ1v) is 2.85. The Morgan fingerprint density at radius 3 is 2.38 bits per heavy atom. The van der Waals surface area contributed by atoms with E-state index in [-0.39, 0.29) is 12.0 Å². The van der Waals surface area contributed by atoms with Crippen LogP contribution < -0.4 is 5.73 Å². The van der Waals surface area contributed by atoms with E-state index in [0.717, 1.165) is 6.42 Å². The van der Waals surface area contributed by atoms with Crippen molar-refractivity contribution >= 4 is 6.29 Å². The van der Waals surface area contributed by atoms with Gasteiger partial charge in [0, 0.05) is 0 Å². The Morgan fingerprint density at radius 2 is 2.25 bits per heavy atom. The lowest BCUT2D eigenvalue weighted by Crippen LogP contribution is -2.28.